The zero-order chi connectivity index (χ0) is 12.3. The van der Waals surface area contributed by atoms with Crippen molar-refractivity contribution in [3.05, 3.63) is 0 Å². The molecular weight excluding hydrogens is 238 g/mol. The topological polar surface area (TPSA) is 66.6 Å². The largest absolute Gasteiger partial charge is 0.328 e. The molecule has 0 atom stereocenters. The van der Waals surface area contributed by atoms with Crippen molar-refractivity contribution in [2.45, 2.75) is 31.7 Å². The molecule has 2 saturated heterocycles. The zero-order valence-electron chi connectivity index (χ0n) is 10.3. The summed E-state index contributed by atoms with van der Waals surface area (Å²) in [7, 11) is -3.06. The Morgan fingerprint density at radius 2 is 1.65 bits per heavy atom. The molecule has 2 fully saturated rings. The van der Waals surface area contributed by atoms with Crippen molar-refractivity contribution in [2.24, 2.45) is 5.73 Å². The normalized spacial score (nSPS) is 25.5. The van der Waals surface area contributed by atoms with Crippen LogP contribution in [0.2, 0.25) is 0 Å². The second kappa shape index (κ2) is 5.65. The number of sulfonamides is 1. The molecule has 0 saturated carbocycles. The van der Waals surface area contributed by atoms with E-state index in [2.05, 4.69) is 4.90 Å². The van der Waals surface area contributed by atoms with Gasteiger partial charge in [-0.25, -0.2) is 12.7 Å². The lowest BCUT2D eigenvalue weighted by Gasteiger charge is -2.29. The maximum atomic E-state index is 12.1. The molecular formula is C11H23N3O2S. The molecule has 0 aliphatic carbocycles. The molecule has 2 aliphatic heterocycles. The Labute approximate surface area is 104 Å². The molecule has 0 bridgehead atoms. The number of hydrogen-bond acceptors (Lipinski definition) is 4. The smallest absolute Gasteiger partial charge is 0.215 e. The second-order valence-corrected chi connectivity index (χ2v) is 7.19. The lowest BCUT2D eigenvalue weighted by molar-refractivity contribution is 0.313. The minimum Gasteiger partial charge on any atom is -0.328 e. The van der Waals surface area contributed by atoms with Crippen molar-refractivity contribution in [3.63, 3.8) is 0 Å². The third-order valence-corrected chi connectivity index (χ3v) is 5.61. The molecule has 0 spiro atoms. The van der Waals surface area contributed by atoms with E-state index in [1.165, 1.54) is 12.8 Å². The summed E-state index contributed by atoms with van der Waals surface area (Å²) in [5, 5.41) is 0. The van der Waals surface area contributed by atoms with Crippen molar-refractivity contribution in [2.75, 3.05) is 38.5 Å². The van der Waals surface area contributed by atoms with Crippen molar-refractivity contribution >= 4 is 10.0 Å². The van der Waals surface area contributed by atoms with E-state index in [9.17, 15) is 8.42 Å². The van der Waals surface area contributed by atoms with Gasteiger partial charge in [-0.15, -0.1) is 0 Å². The summed E-state index contributed by atoms with van der Waals surface area (Å²) in [5.41, 5.74) is 5.78. The average Bonchev–Trinajstić information content (AvgIpc) is 2.80. The van der Waals surface area contributed by atoms with Gasteiger partial charge >= 0.3 is 0 Å². The van der Waals surface area contributed by atoms with Gasteiger partial charge < -0.3 is 10.6 Å². The van der Waals surface area contributed by atoms with E-state index in [0.717, 1.165) is 25.9 Å². The van der Waals surface area contributed by atoms with Crippen LogP contribution in [-0.2, 0) is 10.0 Å². The van der Waals surface area contributed by atoms with Gasteiger partial charge in [0.25, 0.3) is 0 Å². The fourth-order valence-electron chi connectivity index (χ4n) is 2.53. The molecule has 2 heterocycles. The number of likely N-dealkylation sites (tertiary alicyclic amines) is 1. The fraction of sp³-hybridized carbons (Fsp3) is 1.00. The Hall–Kier alpha value is -0.170. The summed E-state index contributed by atoms with van der Waals surface area (Å²) in [6, 6.07) is 0.181. The van der Waals surface area contributed by atoms with Gasteiger partial charge in [0, 0.05) is 25.7 Å². The Bertz CT molecular complexity index is 331. The van der Waals surface area contributed by atoms with Gasteiger partial charge in [-0.3, -0.25) is 0 Å². The summed E-state index contributed by atoms with van der Waals surface area (Å²) in [6.07, 6.45) is 4.00. The first-order valence-electron chi connectivity index (χ1n) is 6.54. The molecule has 0 aromatic rings. The van der Waals surface area contributed by atoms with Gasteiger partial charge in [-0.2, -0.15) is 0 Å². The van der Waals surface area contributed by atoms with Crippen LogP contribution >= 0.6 is 0 Å². The maximum absolute atomic E-state index is 12.1. The van der Waals surface area contributed by atoms with Crippen LogP contribution in [0.1, 0.15) is 25.7 Å². The third-order valence-electron chi connectivity index (χ3n) is 3.76. The highest BCUT2D eigenvalue weighted by atomic mass is 32.2. The van der Waals surface area contributed by atoms with E-state index in [-0.39, 0.29) is 11.8 Å². The molecule has 6 heteroatoms. The van der Waals surface area contributed by atoms with Crippen molar-refractivity contribution in [3.8, 4) is 0 Å². The summed E-state index contributed by atoms with van der Waals surface area (Å²) in [6.45, 7) is 4.00. The lowest BCUT2D eigenvalue weighted by atomic mass is 10.1. The molecule has 2 rings (SSSR count). The number of piperidine rings is 1. The van der Waals surface area contributed by atoms with E-state index in [4.69, 9.17) is 5.73 Å². The number of hydrogen-bond donors (Lipinski definition) is 1. The Balaban J connectivity index is 1.81. The van der Waals surface area contributed by atoms with Crippen LogP contribution < -0.4 is 5.73 Å². The summed E-state index contributed by atoms with van der Waals surface area (Å²) < 4.78 is 25.8. The molecule has 17 heavy (non-hydrogen) atoms. The van der Waals surface area contributed by atoms with Gasteiger partial charge in [-0.1, -0.05) is 0 Å². The Morgan fingerprint density at radius 1 is 1.06 bits per heavy atom. The van der Waals surface area contributed by atoms with E-state index >= 15 is 0 Å². The highest BCUT2D eigenvalue weighted by molar-refractivity contribution is 7.89. The standard InChI is InChI=1S/C11H23N3O2S/c12-11-3-7-14(8-4-11)17(15,16)10-9-13-5-1-2-6-13/h11H,1-10,12H2. The average molecular weight is 261 g/mol. The fourth-order valence-corrected chi connectivity index (χ4v) is 4.05. The monoisotopic (exact) mass is 261 g/mol. The quantitative estimate of drug-likeness (QED) is 0.763. The van der Waals surface area contributed by atoms with Crippen LogP contribution in [0.5, 0.6) is 0 Å². The lowest BCUT2D eigenvalue weighted by Crippen LogP contribution is -2.45. The molecule has 0 aromatic carbocycles. The van der Waals surface area contributed by atoms with Crippen LogP contribution in [0.4, 0.5) is 0 Å². The highest BCUT2D eigenvalue weighted by Crippen LogP contribution is 2.14. The second-order valence-electron chi connectivity index (χ2n) is 5.10. The van der Waals surface area contributed by atoms with Crippen LogP contribution in [0, 0.1) is 0 Å². The maximum Gasteiger partial charge on any atom is 0.215 e. The minimum absolute atomic E-state index is 0.181. The first-order valence-corrected chi connectivity index (χ1v) is 8.14. The van der Waals surface area contributed by atoms with E-state index in [0.29, 0.717) is 19.6 Å². The van der Waals surface area contributed by atoms with E-state index < -0.39 is 10.0 Å². The predicted molar refractivity (Wildman–Crippen MR) is 68.2 cm³/mol. The molecule has 2 aliphatic rings. The van der Waals surface area contributed by atoms with Gasteiger partial charge in [0.15, 0.2) is 0 Å². The Morgan fingerprint density at radius 3 is 2.24 bits per heavy atom. The number of nitrogens with zero attached hydrogens (tertiary/aromatic N) is 2. The number of rotatable bonds is 4. The van der Waals surface area contributed by atoms with E-state index in [1.54, 1.807) is 4.31 Å². The summed E-state index contributed by atoms with van der Waals surface area (Å²) in [4.78, 5) is 2.24. The van der Waals surface area contributed by atoms with Crippen LogP contribution in [0.3, 0.4) is 0 Å². The first-order chi connectivity index (χ1) is 8.08. The molecule has 0 radical (unpaired) electrons. The van der Waals surface area contributed by atoms with Gasteiger partial charge in [0.2, 0.25) is 10.0 Å². The van der Waals surface area contributed by atoms with Crippen molar-refractivity contribution in [1.82, 2.24) is 9.21 Å². The Kier molecular flexibility index (Phi) is 4.41. The number of nitrogens with two attached hydrogens (primary N) is 1. The molecule has 0 aromatic heterocycles. The third kappa shape index (κ3) is 3.64. The summed E-state index contributed by atoms with van der Waals surface area (Å²) >= 11 is 0. The van der Waals surface area contributed by atoms with Crippen LogP contribution in [0.15, 0.2) is 0 Å². The SMILES string of the molecule is NC1CCN(S(=O)(=O)CCN2CCCC2)CC1. The van der Waals surface area contributed by atoms with Gasteiger partial charge in [-0.05, 0) is 38.8 Å². The molecule has 0 unspecified atom stereocenters. The molecule has 100 valence electrons. The van der Waals surface area contributed by atoms with Crippen molar-refractivity contribution < 1.29 is 8.42 Å². The first kappa shape index (κ1) is 13.3. The molecule has 0 amide bonds. The van der Waals surface area contributed by atoms with E-state index in [1.807, 2.05) is 0 Å². The van der Waals surface area contributed by atoms with Crippen LogP contribution in [0.25, 0.3) is 0 Å². The van der Waals surface area contributed by atoms with Crippen LogP contribution in [-0.4, -0.2) is 62.1 Å². The predicted octanol–water partition coefficient (Wildman–Crippen LogP) is -0.165. The minimum atomic E-state index is -3.06. The molecule has 2 N–H and O–H groups in total. The zero-order valence-corrected chi connectivity index (χ0v) is 11.2. The highest BCUT2D eigenvalue weighted by Gasteiger charge is 2.27. The van der Waals surface area contributed by atoms with Crippen molar-refractivity contribution in [1.29, 1.82) is 0 Å². The molecule has 5 nitrogen and oxygen atoms in total. The van der Waals surface area contributed by atoms with Gasteiger partial charge in [0.05, 0.1) is 5.75 Å². The van der Waals surface area contributed by atoms with Gasteiger partial charge in [0.1, 0.15) is 0 Å². The summed E-state index contributed by atoms with van der Waals surface area (Å²) in [5.74, 6) is 0.266.